The van der Waals surface area contributed by atoms with Crippen molar-refractivity contribution >= 4 is 40.9 Å². The summed E-state index contributed by atoms with van der Waals surface area (Å²) in [7, 11) is 1.80. The van der Waals surface area contributed by atoms with Crippen LogP contribution in [0.4, 0.5) is 0 Å². The molecule has 3 rings (SSSR count). The van der Waals surface area contributed by atoms with Gasteiger partial charge < -0.3 is 15.4 Å². The van der Waals surface area contributed by atoms with Crippen LogP contribution in [0.15, 0.2) is 23.2 Å². The van der Waals surface area contributed by atoms with Crippen LogP contribution in [0.3, 0.4) is 0 Å². The molecule has 8 heteroatoms. The molecule has 1 unspecified atom stereocenters. The quantitative estimate of drug-likeness (QED) is 0.570. The summed E-state index contributed by atoms with van der Waals surface area (Å²) in [5, 5.41) is 8.19. The number of aliphatic imine (C=N–C) groups is 1. The third-order valence-corrected chi connectivity index (χ3v) is 6.86. The van der Waals surface area contributed by atoms with Crippen LogP contribution in [0.2, 0.25) is 10.0 Å². The lowest BCUT2D eigenvalue weighted by atomic mass is 9.95. The molecule has 0 amide bonds. The number of hydrogen-bond acceptors (Lipinski definition) is 4. The van der Waals surface area contributed by atoms with E-state index in [4.69, 9.17) is 27.9 Å². The van der Waals surface area contributed by atoms with Crippen LogP contribution in [0.1, 0.15) is 12.0 Å². The molecule has 2 aliphatic heterocycles. The average Bonchev–Trinajstić information content (AvgIpc) is 3.14. The summed E-state index contributed by atoms with van der Waals surface area (Å²) in [4.78, 5) is 6.95. The molecule has 144 valence electrons. The number of ether oxygens (including phenoxy) is 1. The fourth-order valence-electron chi connectivity index (χ4n) is 3.45. The molecule has 2 saturated heterocycles. The maximum Gasteiger partial charge on any atom is 0.191 e. The molecule has 0 aliphatic carbocycles. The lowest BCUT2D eigenvalue weighted by Crippen LogP contribution is -2.60. The highest BCUT2D eigenvalue weighted by Crippen LogP contribution is 2.33. The van der Waals surface area contributed by atoms with E-state index in [0.717, 1.165) is 50.1 Å². The van der Waals surface area contributed by atoms with E-state index in [2.05, 4.69) is 20.5 Å². The Hall–Kier alpha value is -0.660. The number of thioether (sulfide) groups is 1. The van der Waals surface area contributed by atoms with Crippen molar-refractivity contribution in [1.29, 1.82) is 0 Å². The molecule has 0 saturated carbocycles. The normalized spacial score (nSPS) is 24.7. The molecule has 2 aliphatic rings. The van der Waals surface area contributed by atoms with Crippen molar-refractivity contribution in [3.63, 3.8) is 0 Å². The Labute approximate surface area is 169 Å². The summed E-state index contributed by atoms with van der Waals surface area (Å²) in [6.45, 7) is 5.16. The van der Waals surface area contributed by atoms with Gasteiger partial charge in [0.05, 0.1) is 13.2 Å². The minimum absolute atomic E-state index is 0.185. The summed E-state index contributed by atoms with van der Waals surface area (Å²) in [5.74, 6) is 3.16. The number of nitrogens with zero attached hydrogens (tertiary/aromatic N) is 2. The van der Waals surface area contributed by atoms with Gasteiger partial charge in [0, 0.05) is 54.6 Å². The van der Waals surface area contributed by atoms with E-state index in [0.29, 0.717) is 16.6 Å². The fourth-order valence-corrected chi connectivity index (χ4v) is 5.40. The first-order valence-corrected chi connectivity index (χ1v) is 10.8. The molecule has 2 heterocycles. The first-order chi connectivity index (χ1) is 12.6. The Morgan fingerprint density at radius 3 is 2.77 bits per heavy atom. The number of halogens is 2. The second-order valence-corrected chi connectivity index (χ2v) is 8.59. The largest absolute Gasteiger partial charge is 0.379 e. The fraction of sp³-hybridized carbons (Fsp3) is 0.611. The van der Waals surface area contributed by atoms with Crippen molar-refractivity contribution in [3.8, 4) is 0 Å². The number of rotatable bonds is 5. The lowest BCUT2D eigenvalue weighted by molar-refractivity contribution is -0.0120. The van der Waals surface area contributed by atoms with Gasteiger partial charge in [-0.1, -0.05) is 29.3 Å². The monoisotopic (exact) mass is 416 g/mol. The lowest BCUT2D eigenvalue weighted by Gasteiger charge is -2.43. The van der Waals surface area contributed by atoms with Crippen LogP contribution in [0, 0.1) is 0 Å². The van der Waals surface area contributed by atoms with E-state index in [1.54, 1.807) is 13.1 Å². The highest BCUT2D eigenvalue weighted by molar-refractivity contribution is 7.99. The van der Waals surface area contributed by atoms with Gasteiger partial charge in [0.1, 0.15) is 0 Å². The molecule has 1 atom stereocenters. The van der Waals surface area contributed by atoms with E-state index in [-0.39, 0.29) is 5.54 Å². The second-order valence-electron chi connectivity index (χ2n) is 6.64. The predicted octanol–water partition coefficient (Wildman–Crippen LogP) is 2.87. The van der Waals surface area contributed by atoms with Crippen molar-refractivity contribution in [3.05, 3.63) is 33.8 Å². The molecule has 0 bridgehead atoms. The average molecular weight is 417 g/mol. The van der Waals surface area contributed by atoms with Gasteiger partial charge in [0.15, 0.2) is 5.96 Å². The van der Waals surface area contributed by atoms with E-state index in [1.165, 1.54) is 12.2 Å². The molecule has 5 nitrogen and oxygen atoms in total. The SMILES string of the molecule is CN=C(NCc1ccc(Cl)cc1Cl)NCC1(N2CCOCC2)CCSC1. The number of guanidine groups is 1. The van der Waals surface area contributed by atoms with E-state index in [1.807, 2.05) is 23.9 Å². The second kappa shape index (κ2) is 9.51. The molecule has 1 aromatic carbocycles. The molecule has 0 radical (unpaired) electrons. The third-order valence-electron chi connectivity index (χ3n) is 5.03. The van der Waals surface area contributed by atoms with Gasteiger partial charge in [-0.2, -0.15) is 11.8 Å². The molecule has 0 aromatic heterocycles. The zero-order valence-electron chi connectivity index (χ0n) is 15.1. The minimum Gasteiger partial charge on any atom is -0.379 e. The van der Waals surface area contributed by atoms with Crippen LogP contribution in [0.5, 0.6) is 0 Å². The zero-order chi connectivity index (χ0) is 18.4. The topological polar surface area (TPSA) is 48.9 Å². The summed E-state index contributed by atoms with van der Waals surface area (Å²) in [5.41, 5.74) is 1.18. The Balaban J connectivity index is 1.57. The van der Waals surface area contributed by atoms with Crippen LogP contribution in [-0.4, -0.2) is 67.8 Å². The Morgan fingerprint density at radius 1 is 1.31 bits per heavy atom. The van der Waals surface area contributed by atoms with Crippen molar-refractivity contribution in [2.24, 2.45) is 4.99 Å². The van der Waals surface area contributed by atoms with Gasteiger partial charge in [-0.15, -0.1) is 0 Å². The Kier molecular flexibility index (Phi) is 7.35. The van der Waals surface area contributed by atoms with Crippen LogP contribution in [-0.2, 0) is 11.3 Å². The molecular formula is C18H26Cl2N4OS. The van der Waals surface area contributed by atoms with Gasteiger partial charge >= 0.3 is 0 Å². The number of nitrogens with one attached hydrogen (secondary N) is 2. The summed E-state index contributed by atoms with van der Waals surface area (Å²) >= 11 is 14.3. The zero-order valence-corrected chi connectivity index (χ0v) is 17.4. The van der Waals surface area contributed by atoms with Gasteiger partial charge in [-0.05, 0) is 29.9 Å². The first-order valence-electron chi connectivity index (χ1n) is 8.92. The summed E-state index contributed by atoms with van der Waals surface area (Å²) in [6.07, 6.45) is 1.20. The van der Waals surface area contributed by atoms with Gasteiger partial charge in [0.2, 0.25) is 0 Å². The Morgan fingerprint density at radius 2 is 2.12 bits per heavy atom. The van der Waals surface area contributed by atoms with Crippen LogP contribution < -0.4 is 10.6 Å². The van der Waals surface area contributed by atoms with Crippen molar-refractivity contribution in [1.82, 2.24) is 15.5 Å². The van der Waals surface area contributed by atoms with Gasteiger partial charge in [-0.3, -0.25) is 9.89 Å². The van der Waals surface area contributed by atoms with Crippen molar-refractivity contribution in [2.75, 3.05) is 51.4 Å². The van der Waals surface area contributed by atoms with E-state index < -0.39 is 0 Å². The first kappa shape index (κ1) is 20.1. The summed E-state index contributed by atoms with van der Waals surface area (Å²) < 4.78 is 5.53. The van der Waals surface area contributed by atoms with Crippen LogP contribution in [0.25, 0.3) is 0 Å². The number of benzene rings is 1. The molecule has 1 aromatic rings. The molecule has 2 fully saturated rings. The molecule has 2 N–H and O–H groups in total. The maximum atomic E-state index is 6.25. The van der Waals surface area contributed by atoms with Crippen molar-refractivity contribution in [2.45, 2.75) is 18.5 Å². The molecule has 0 spiro atoms. The smallest absolute Gasteiger partial charge is 0.191 e. The predicted molar refractivity (Wildman–Crippen MR) is 112 cm³/mol. The molecular weight excluding hydrogens is 391 g/mol. The van der Waals surface area contributed by atoms with E-state index >= 15 is 0 Å². The third kappa shape index (κ3) is 4.98. The van der Waals surface area contributed by atoms with Gasteiger partial charge in [-0.25, -0.2) is 0 Å². The Bertz CT molecular complexity index is 632. The van der Waals surface area contributed by atoms with Gasteiger partial charge in [0.25, 0.3) is 0 Å². The number of hydrogen-bond donors (Lipinski definition) is 2. The van der Waals surface area contributed by atoms with E-state index in [9.17, 15) is 0 Å². The minimum atomic E-state index is 0.185. The van der Waals surface area contributed by atoms with Crippen LogP contribution >= 0.6 is 35.0 Å². The summed E-state index contributed by atoms with van der Waals surface area (Å²) in [6, 6.07) is 5.55. The standard InChI is InChI=1S/C18H26Cl2N4OS/c1-21-17(22-11-14-2-3-15(19)10-16(14)20)23-12-18(4-9-26-13-18)24-5-7-25-8-6-24/h2-3,10H,4-9,11-13H2,1H3,(H2,21,22,23). The highest BCUT2D eigenvalue weighted by Gasteiger charge is 2.40. The number of morpholine rings is 1. The highest BCUT2D eigenvalue weighted by atomic mass is 35.5. The van der Waals surface area contributed by atoms with Crippen molar-refractivity contribution < 1.29 is 4.74 Å². The molecule has 26 heavy (non-hydrogen) atoms. The maximum absolute atomic E-state index is 6.25.